The Bertz CT molecular complexity index is 828. The lowest BCUT2D eigenvalue weighted by molar-refractivity contribution is 0.603. The molecular weight excluding hydrogens is 292 g/mol. The quantitative estimate of drug-likeness (QED) is 0.369. The Kier molecular flexibility index (Phi) is 4.10. The second-order valence-corrected chi connectivity index (χ2v) is 5.74. The second kappa shape index (κ2) is 5.98. The van der Waals surface area contributed by atoms with Crippen molar-refractivity contribution in [3.63, 3.8) is 0 Å². The van der Waals surface area contributed by atoms with Crippen LogP contribution in [0, 0.1) is 5.39 Å². The van der Waals surface area contributed by atoms with Gasteiger partial charge in [0.1, 0.15) is 4.91 Å². The van der Waals surface area contributed by atoms with Gasteiger partial charge in [0, 0.05) is 5.71 Å². The number of sulfone groups is 1. The summed E-state index contributed by atoms with van der Waals surface area (Å²) in [6.07, 6.45) is 4.08. The predicted molar refractivity (Wildman–Crippen MR) is 76.6 cm³/mol. The van der Waals surface area contributed by atoms with Gasteiger partial charge in [0.2, 0.25) is 9.84 Å². The highest BCUT2D eigenvalue weighted by Gasteiger charge is 2.29. The zero-order valence-corrected chi connectivity index (χ0v) is 11.3. The minimum atomic E-state index is -3.88. The minimum Gasteiger partial charge on any atom is -0.362 e. The fraction of sp³-hybridized carbons (Fsp3) is 0. The number of rotatable bonds is 3. The van der Waals surface area contributed by atoms with Gasteiger partial charge in [-0.15, -0.1) is 0 Å². The largest absolute Gasteiger partial charge is 0.362 e. The smallest absolute Gasteiger partial charge is 0.339 e. The fourth-order valence-electron chi connectivity index (χ4n) is 1.73. The summed E-state index contributed by atoms with van der Waals surface area (Å²) in [5.41, 5.74) is 8.23. The molecule has 0 aliphatic heterocycles. The first-order chi connectivity index (χ1) is 10.1. The fourth-order valence-corrected chi connectivity index (χ4v) is 3.16. The maximum absolute atomic E-state index is 12.6. The molecule has 0 unspecified atom stereocenters. The molecule has 0 fully saturated rings. The summed E-state index contributed by atoms with van der Waals surface area (Å²) in [5.74, 6) is 0. The summed E-state index contributed by atoms with van der Waals surface area (Å²) in [4.78, 5) is -0.158. The molecule has 0 heterocycles. The third-order valence-corrected chi connectivity index (χ3v) is 4.42. The first-order valence-corrected chi connectivity index (χ1v) is 7.13. The Morgan fingerprint density at radius 3 is 2.52 bits per heavy atom. The van der Waals surface area contributed by atoms with Crippen molar-refractivity contribution in [2.24, 2.45) is 15.4 Å². The van der Waals surface area contributed by atoms with E-state index in [0.29, 0.717) is 0 Å². The average Bonchev–Trinajstić information content (AvgIpc) is 2.50. The molecule has 0 bridgehead atoms. The summed E-state index contributed by atoms with van der Waals surface area (Å²) < 4.78 is 25.1. The normalized spacial score (nSPS) is 18.3. The number of hydrogen-bond donors (Lipinski definition) is 0. The molecule has 9 heteroatoms. The van der Waals surface area contributed by atoms with Gasteiger partial charge in [-0.25, -0.2) is 8.42 Å². The predicted octanol–water partition coefficient (Wildman–Crippen LogP) is 2.50. The van der Waals surface area contributed by atoms with Crippen molar-refractivity contribution in [1.82, 2.24) is 0 Å². The van der Waals surface area contributed by atoms with Crippen molar-refractivity contribution in [1.29, 1.82) is 5.39 Å². The van der Waals surface area contributed by atoms with Crippen LogP contribution in [0.4, 0.5) is 0 Å². The third-order valence-electron chi connectivity index (χ3n) is 2.62. The second-order valence-electron chi connectivity index (χ2n) is 3.82. The van der Waals surface area contributed by atoms with E-state index >= 15 is 0 Å². The molecule has 21 heavy (non-hydrogen) atoms. The zero-order chi connectivity index (χ0) is 15.3. The van der Waals surface area contributed by atoms with E-state index in [4.69, 9.17) is 10.9 Å². The SMILES string of the molecule is N#[N+]N=C1C(S(=O)(=O)c2ccccc2)=CC=CC1=NN=[N-]. The van der Waals surface area contributed by atoms with Crippen LogP contribution < -0.4 is 0 Å². The van der Waals surface area contributed by atoms with Crippen molar-refractivity contribution in [2.45, 2.75) is 4.90 Å². The van der Waals surface area contributed by atoms with Crippen LogP contribution in [-0.4, -0.2) is 19.8 Å². The topological polar surface area (TPSA) is 122 Å². The van der Waals surface area contributed by atoms with E-state index in [1.807, 2.05) is 0 Å². The van der Waals surface area contributed by atoms with Crippen LogP contribution in [0.3, 0.4) is 0 Å². The van der Waals surface area contributed by atoms with E-state index in [1.165, 1.54) is 30.4 Å². The maximum atomic E-state index is 12.6. The monoisotopic (exact) mass is 300 g/mol. The molecule has 8 nitrogen and oxygen atoms in total. The number of nitrogens with zero attached hydrogens (tertiary/aromatic N) is 6. The minimum absolute atomic E-state index is 0.0488. The van der Waals surface area contributed by atoms with Gasteiger partial charge in [-0.1, -0.05) is 30.4 Å². The van der Waals surface area contributed by atoms with Crippen molar-refractivity contribution >= 4 is 21.3 Å². The van der Waals surface area contributed by atoms with Crippen LogP contribution in [0.25, 0.3) is 10.6 Å². The summed E-state index contributed by atoms with van der Waals surface area (Å²) in [7, 11) is -3.88. The molecule has 104 valence electrons. The van der Waals surface area contributed by atoms with Gasteiger partial charge in [-0.05, 0) is 18.2 Å². The lowest BCUT2D eigenvalue weighted by Crippen LogP contribution is -2.23. The van der Waals surface area contributed by atoms with Gasteiger partial charge < -0.3 is 10.6 Å². The summed E-state index contributed by atoms with van der Waals surface area (Å²) in [5, 5.41) is 20.5. The van der Waals surface area contributed by atoms with Gasteiger partial charge in [0.25, 0.3) is 5.39 Å². The third kappa shape index (κ3) is 2.80. The van der Waals surface area contributed by atoms with E-state index in [2.05, 4.69) is 20.5 Å². The molecule has 0 aromatic heterocycles. The molecule has 1 aliphatic rings. The van der Waals surface area contributed by atoms with Gasteiger partial charge in [-0.2, -0.15) is 0 Å². The summed E-state index contributed by atoms with van der Waals surface area (Å²) in [6.45, 7) is 0. The average molecular weight is 300 g/mol. The van der Waals surface area contributed by atoms with Crippen LogP contribution in [0.2, 0.25) is 0 Å². The van der Waals surface area contributed by atoms with E-state index < -0.39 is 9.84 Å². The Labute approximate surface area is 120 Å². The van der Waals surface area contributed by atoms with E-state index in [9.17, 15) is 8.42 Å². The van der Waals surface area contributed by atoms with Crippen LogP contribution in [0.5, 0.6) is 0 Å². The molecule has 0 saturated carbocycles. The lowest BCUT2D eigenvalue weighted by atomic mass is 10.1. The number of hydrogen-bond acceptors (Lipinski definition) is 5. The van der Waals surface area contributed by atoms with Crippen molar-refractivity contribution in [2.75, 3.05) is 0 Å². The molecule has 0 N–H and O–H groups in total. The maximum Gasteiger partial charge on any atom is 0.339 e. The number of diazo groups is 1. The molecule has 0 spiro atoms. The molecule has 0 atom stereocenters. The van der Waals surface area contributed by atoms with Crippen LogP contribution in [-0.2, 0) is 9.84 Å². The zero-order valence-electron chi connectivity index (χ0n) is 10.5. The molecule has 0 saturated heterocycles. The first kappa shape index (κ1) is 14.4. The van der Waals surface area contributed by atoms with E-state index in [0.717, 1.165) is 0 Å². The van der Waals surface area contributed by atoms with Gasteiger partial charge >= 0.3 is 5.08 Å². The van der Waals surface area contributed by atoms with Crippen LogP contribution in [0.15, 0.2) is 73.8 Å². The number of allylic oxidation sites excluding steroid dienone is 4. The van der Waals surface area contributed by atoms with Crippen LogP contribution in [0.1, 0.15) is 0 Å². The van der Waals surface area contributed by atoms with E-state index in [-0.39, 0.29) is 21.2 Å². The molecule has 0 radical (unpaired) electrons. The molecule has 2 rings (SSSR count). The highest BCUT2D eigenvalue weighted by Crippen LogP contribution is 2.23. The number of benzene rings is 1. The Morgan fingerprint density at radius 2 is 1.90 bits per heavy atom. The van der Waals surface area contributed by atoms with Crippen molar-refractivity contribution in [3.8, 4) is 0 Å². The Hall–Kier alpha value is -2.99. The highest BCUT2D eigenvalue weighted by atomic mass is 32.2. The summed E-state index contributed by atoms with van der Waals surface area (Å²) >= 11 is 0. The van der Waals surface area contributed by atoms with Crippen LogP contribution >= 0.6 is 0 Å². The van der Waals surface area contributed by atoms with Gasteiger partial charge in [-0.3, -0.25) is 5.22 Å². The Morgan fingerprint density at radius 1 is 1.19 bits per heavy atom. The van der Waals surface area contributed by atoms with Gasteiger partial charge in [0.15, 0.2) is 10.8 Å². The van der Waals surface area contributed by atoms with Gasteiger partial charge in [0.05, 0.1) is 4.90 Å². The molecule has 0 amide bonds. The molecule has 1 aliphatic carbocycles. The standard InChI is InChI=1S/C12H8N6O2S/c13-17-15-10-7-4-8-11(12(10)16-18-14)21(19,20)9-5-2-1-3-6-9/h1-8H. The molecule has 1 aromatic rings. The highest BCUT2D eigenvalue weighted by molar-refractivity contribution is 7.96. The van der Waals surface area contributed by atoms with Crippen molar-refractivity contribution < 1.29 is 8.42 Å². The molecular formula is C12H8N6O2S. The molecule has 1 aromatic carbocycles. The van der Waals surface area contributed by atoms with E-state index in [1.54, 1.807) is 18.2 Å². The first-order valence-electron chi connectivity index (χ1n) is 5.64. The van der Waals surface area contributed by atoms with Crippen molar-refractivity contribution in [3.05, 3.63) is 64.1 Å². The lowest BCUT2D eigenvalue weighted by Gasteiger charge is -2.13. The Balaban J connectivity index is 2.63. The summed E-state index contributed by atoms with van der Waals surface area (Å²) in [6, 6.07) is 7.70.